The van der Waals surface area contributed by atoms with Gasteiger partial charge in [0.25, 0.3) is 0 Å². The molecule has 0 aromatic heterocycles. The first-order valence-corrected chi connectivity index (χ1v) is 6.56. The third-order valence-electron chi connectivity index (χ3n) is 2.93. The lowest BCUT2D eigenvalue weighted by Crippen LogP contribution is -2.34. The van der Waals surface area contributed by atoms with Crippen molar-refractivity contribution < 1.29 is 9.53 Å². The first-order chi connectivity index (χ1) is 8.36. The molecule has 0 saturated carbocycles. The monoisotopic (exact) mass is 314 g/mol. The molecule has 18 heavy (non-hydrogen) atoms. The van der Waals surface area contributed by atoms with Crippen molar-refractivity contribution in [1.29, 1.82) is 0 Å². The zero-order valence-electron chi connectivity index (χ0n) is 11.1. The Kier molecular flexibility index (Phi) is 5.16. The van der Waals surface area contributed by atoms with Gasteiger partial charge in [-0.15, -0.1) is 0 Å². The molecular formula is C13H19BrN2O2. The summed E-state index contributed by atoms with van der Waals surface area (Å²) in [5.74, 6) is 0.276. The van der Waals surface area contributed by atoms with Gasteiger partial charge in [-0.25, -0.2) is 0 Å². The van der Waals surface area contributed by atoms with Crippen LogP contribution in [0.15, 0.2) is 16.6 Å². The molecule has 0 aliphatic rings. The second-order valence-corrected chi connectivity index (χ2v) is 5.35. The highest BCUT2D eigenvalue weighted by atomic mass is 79.9. The second kappa shape index (κ2) is 6.20. The molecule has 1 aromatic rings. The van der Waals surface area contributed by atoms with E-state index >= 15 is 0 Å². The number of ether oxygens (including phenoxy) is 1. The summed E-state index contributed by atoms with van der Waals surface area (Å²) in [4.78, 5) is 12.0. The normalized spacial score (nSPS) is 13.9. The summed E-state index contributed by atoms with van der Waals surface area (Å²) in [5.41, 5.74) is 7.35. The minimum Gasteiger partial charge on any atom is -0.495 e. The summed E-state index contributed by atoms with van der Waals surface area (Å²) in [6.07, 6.45) is 0. The van der Waals surface area contributed by atoms with E-state index in [1.165, 1.54) is 0 Å². The van der Waals surface area contributed by atoms with Crippen LogP contribution in [0.1, 0.15) is 19.4 Å². The quantitative estimate of drug-likeness (QED) is 0.898. The summed E-state index contributed by atoms with van der Waals surface area (Å²) in [5, 5.41) is 2.87. The van der Waals surface area contributed by atoms with E-state index < -0.39 is 0 Å². The molecule has 1 amide bonds. The van der Waals surface area contributed by atoms with Gasteiger partial charge in [-0.1, -0.05) is 22.9 Å². The maximum atomic E-state index is 12.0. The molecule has 1 rings (SSSR count). The molecule has 0 spiro atoms. The standard InChI is InChI=1S/C13H19BrN2O2/c1-7-5-10(14)6-11(18-4)12(7)16-13(17)8(2)9(3)15/h5-6,8-9H,15H2,1-4H3,(H,16,17). The number of halogens is 1. The fourth-order valence-electron chi connectivity index (χ4n) is 1.51. The van der Waals surface area contributed by atoms with E-state index in [1.807, 2.05) is 26.0 Å². The Labute approximate surface area is 116 Å². The number of nitrogens with one attached hydrogen (secondary N) is 1. The zero-order valence-corrected chi connectivity index (χ0v) is 12.7. The van der Waals surface area contributed by atoms with Crippen molar-refractivity contribution in [3.05, 3.63) is 22.2 Å². The van der Waals surface area contributed by atoms with Gasteiger partial charge in [0, 0.05) is 10.5 Å². The average molecular weight is 315 g/mol. The van der Waals surface area contributed by atoms with Crippen LogP contribution in [0.5, 0.6) is 5.75 Å². The number of nitrogens with two attached hydrogens (primary N) is 1. The van der Waals surface area contributed by atoms with E-state index in [4.69, 9.17) is 10.5 Å². The molecule has 100 valence electrons. The maximum Gasteiger partial charge on any atom is 0.228 e. The van der Waals surface area contributed by atoms with E-state index in [-0.39, 0.29) is 17.9 Å². The number of anilines is 1. The lowest BCUT2D eigenvalue weighted by atomic mass is 10.0. The van der Waals surface area contributed by atoms with Crippen molar-refractivity contribution in [2.24, 2.45) is 11.7 Å². The van der Waals surface area contributed by atoms with Crippen LogP contribution in [0.4, 0.5) is 5.69 Å². The Morgan fingerprint density at radius 2 is 2.06 bits per heavy atom. The lowest BCUT2D eigenvalue weighted by molar-refractivity contribution is -0.119. The maximum absolute atomic E-state index is 12.0. The number of aryl methyl sites for hydroxylation is 1. The van der Waals surface area contributed by atoms with Crippen LogP contribution in [-0.4, -0.2) is 19.1 Å². The number of methoxy groups -OCH3 is 1. The third kappa shape index (κ3) is 3.46. The first-order valence-electron chi connectivity index (χ1n) is 5.77. The van der Waals surface area contributed by atoms with Crippen molar-refractivity contribution >= 4 is 27.5 Å². The number of carbonyl (C=O) groups is 1. The van der Waals surface area contributed by atoms with Crippen LogP contribution in [0.3, 0.4) is 0 Å². The average Bonchev–Trinajstić information content (AvgIpc) is 2.30. The minimum atomic E-state index is -0.252. The van der Waals surface area contributed by atoms with Crippen molar-refractivity contribution in [2.45, 2.75) is 26.8 Å². The lowest BCUT2D eigenvalue weighted by Gasteiger charge is -2.18. The molecule has 0 aliphatic heterocycles. The molecule has 1 aromatic carbocycles. The van der Waals surface area contributed by atoms with Gasteiger partial charge in [-0.05, 0) is 31.5 Å². The van der Waals surface area contributed by atoms with Crippen LogP contribution < -0.4 is 15.8 Å². The molecule has 0 saturated heterocycles. The van der Waals surface area contributed by atoms with Crippen LogP contribution in [0.25, 0.3) is 0 Å². The molecule has 2 atom stereocenters. The summed E-state index contributed by atoms with van der Waals surface area (Å²) in [6, 6.07) is 3.56. The van der Waals surface area contributed by atoms with Gasteiger partial charge in [0.15, 0.2) is 0 Å². The van der Waals surface area contributed by atoms with Gasteiger partial charge >= 0.3 is 0 Å². The first kappa shape index (κ1) is 15.0. The van der Waals surface area contributed by atoms with Crippen molar-refractivity contribution in [2.75, 3.05) is 12.4 Å². The van der Waals surface area contributed by atoms with Crippen molar-refractivity contribution in [3.63, 3.8) is 0 Å². The van der Waals surface area contributed by atoms with E-state index in [2.05, 4.69) is 21.2 Å². The molecular weight excluding hydrogens is 296 g/mol. The van der Waals surface area contributed by atoms with Crippen LogP contribution in [0.2, 0.25) is 0 Å². The summed E-state index contributed by atoms with van der Waals surface area (Å²) in [6.45, 7) is 5.54. The number of benzene rings is 1. The highest BCUT2D eigenvalue weighted by Gasteiger charge is 2.19. The fourth-order valence-corrected chi connectivity index (χ4v) is 2.06. The van der Waals surface area contributed by atoms with Gasteiger partial charge in [0.1, 0.15) is 5.75 Å². The van der Waals surface area contributed by atoms with Crippen molar-refractivity contribution in [3.8, 4) is 5.75 Å². The molecule has 4 nitrogen and oxygen atoms in total. The van der Waals surface area contributed by atoms with E-state index in [0.717, 1.165) is 10.0 Å². The smallest absolute Gasteiger partial charge is 0.228 e. The topological polar surface area (TPSA) is 64.3 Å². The fraction of sp³-hybridized carbons (Fsp3) is 0.462. The largest absolute Gasteiger partial charge is 0.495 e. The van der Waals surface area contributed by atoms with E-state index in [1.54, 1.807) is 14.0 Å². The minimum absolute atomic E-state index is 0.103. The van der Waals surface area contributed by atoms with Crippen LogP contribution >= 0.6 is 15.9 Å². The highest BCUT2D eigenvalue weighted by Crippen LogP contribution is 2.32. The number of carbonyl (C=O) groups excluding carboxylic acids is 1. The Bertz CT molecular complexity index is 447. The Morgan fingerprint density at radius 3 is 2.56 bits per heavy atom. The van der Waals surface area contributed by atoms with Gasteiger partial charge < -0.3 is 15.8 Å². The predicted molar refractivity (Wildman–Crippen MR) is 76.9 cm³/mol. The predicted octanol–water partition coefficient (Wildman–Crippen LogP) is 2.69. The second-order valence-electron chi connectivity index (χ2n) is 4.44. The van der Waals surface area contributed by atoms with Gasteiger partial charge in [0.2, 0.25) is 5.91 Å². The van der Waals surface area contributed by atoms with Gasteiger partial charge in [0.05, 0.1) is 18.7 Å². The number of amides is 1. The molecule has 0 bridgehead atoms. The van der Waals surface area contributed by atoms with Crippen LogP contribution in [-0.2, 0) is 4.79 Å². The SMILES string of the molecule is COc1cc(Br)cc(C)c1NC(=O)C(C)C(C)N. The van der Waals surface area contributed by atoms with E-state index in [0.29, 0.717) is 11.4 Å². The molecule has 5 heteroatoms. The van der Waals surface area contributed by atoms with Crippen LogP contribution in [0, 0.1) is 12.8 Å². The number of rotatable bonds is 4. The third-order valence-corrected chi connectivity index (χ3v) is 3.39. The molecule has 0 aliphatic carbocycles. The number of hydrogen-bond acceptors (Lipinski definition) is 3. The molecule has 3 N–H and O–H groups in total. The van der Waals surface area contributed by atoms with Gasteiger partial charge in [-0.3, -0.25) is 4.79 Å². The summed E-state index contributed by atoms with van der Waals surface area (Å²) >= 11 is 3.39. The number of hydrogen-bond donors (Lipinski definition) is 2. The molecule has 2 unspecified atom stereocenters. The molecule has 0 radical (unpaired) electrons. The zero-order chi connectivity index (χ0) is 13.9. The Hall–Kier alpha value is -1.07. The molecule has 0 fully saturated rings. The molecule has 0 heterocycles. The Balaban J connectivity index is 3.00. The van der Waals surface area contributed by atoms with Gasteiger partial charge in [-0.2, -0.15) is 0 Å². The summed E-state index contributed by atoms with van der Waals surface area (Å²) < 4.78 is 6.18. The Morgan fingerprint density at radius 1 is 1.44 bits per heavy atom. The highest BCUT2D eigenvalue weighted by molar-refractivity contribution is 9.10. The summed E-state index contributed by atoms with van der Waals surface area (Å²) in [7, 11) is 1.58. The van der Waals surface area contributed by atoms with E-state index in [9.17, 15) is 4.79 Å². The van der Waals surface area contributed by atoms with Crippen molar-refractivity contribution in [1.82, 2.24) is 0 Å².